The van der Waals surface area contributed by atoms with Gasteiger partial charge in [0.25, 0.3) is 5.91 Å². The number of carbonyl (C=O) groups is 1. The molecule has 27 heavy (non-hydrogen) atoms. The number of rotatable bonds is 4. The number of ether oxygens (including phenoxy) is 1. The molecule has 2 aromatic heterocycles. The fraction of sp³-hybridized carbons (Fsp3) is 0.316. The zero-order chi connectivity index (χ0) is 18.7. The van der Waals surface area contributed by atoms with E-state index in [9.17, 15) is 4.79 Å². The molecule has 1 fully saturated rings. The van der Waals surface area contributed by atoms with E-state index in [1.165, 1.54) is 0 Å². The summed E-state index contributed by atoms with van der Waals surface area (Å²) in [6.07, 6.45) is 3.97. The summed E-state index contributed by atoms with van der Waals surface area (Å²) in [4.78, 5) is 26.3. The van der Waals surface area contributed by atoms with Gasteiger partial charge >= 0.3 is 0 Å². The number of carbonyl (C=O) groups excluding carboxylic acids is 1. The highest BCUT2D eigenvalue weighted by atomic mass is 35.5. The lowest BCUT2D eigenvalue weighted by Crippen LogP contribution is -2.17. The predicted molar refractivity (Wildman–Crippen MR) is 103 cm³/mol. The monoisotopic (exact) mass is 383 g/mol. The highest BCUT2D eigenvalue weighted by Crippen LogP contribution is 2.44. The number of nitrogens with one attached hydrogen (secondary N) is 2. The zero-order valence-corrected chi connectivity index (χ0v) is 15.7. The summed E-state index contributed by atoms with van der Waals surface area (Å²) in [5.41, 5.74) is 4.06. The van der Waals surface area contributed by atoms with Crippen LogP contribution in [0, 0.1) is 0 Å². The Morgan fingerprint density at radius 3 is 2.89 bits per heavy atom. The van der Waals surface area contributed by atoms with Crippen LogP contribution < -0.4 is 10.1 Å². The second-order valence-electron chi connectivity index (χ2n) is 7.06. The first kappa shape index (κ1) is 16.4. The molecule has 1 aromatic carbocycles. The number of fused-ring (bicyclic) bond motifs is 2. The highest BCUT2D eigenvalue weighted by Gasteiger charge is 2.30. The quantitative estimate of drug-likeness (QED) is 0.715. The molecule has 0 bridgehead atoms. The van der Waals surface area contributed by atoms with Gasteiger partial charge in [-0.2, -0.15) is 4.98 Å². The van der Waals surface area contributed by atoms with Crippen LogP contribution in [0.25, 0.3) is 11.0 Å². The van der Waals surface area contributed by atoms with Crippen molar-refractivity contribution in [3.05, 3.63) is 40.2 Å². The van der Waals surface area contributed by atoms with E-state index in [1.807, 2.05) is 6.07 Å². The van der Waals surface area contributed by atoms with Crippen LogP contribution in [0.5, 0.6) is 5.75 Å². The highest BCUT2D eigenvalue weighted by molar-refractivity contribution is 6.35. The molecule has 1 amide bonds. The lowest BCUT2D eigenvalue weighted by atomic mass is 10.1. The van der Waals surface area contributed by atoms with Crippen molar-refractivity contribution in [2.45, 2.75) is 25.3 Å². The van der Waals surface area contributed by atoms with Gasteiger partial charge in [0.05, 0.1) is 28.9 Å². The van der Waals surface area contributed by atoms with Gasteiger partial charge in [0.2, 0.25) is 5.95 Å². The summed E-state index contributed by atoms with van der Waals surface area (Å²) in [5.74, 6) is 1.50. The molecular weight excluding hydrogens is 366 g/mol. The molecule has 138 valence electrons. The third-order valence-electron chi connectivity index (χ3n) is 5.13. The molecule has 7 nitrogen and oxygen atoms in total. The van der Waals surface area contributed by atoms with Crippen LogP contribution in [0.1, 0.15) is 40.4 Å². The average molecular weight is 384 g/mol. The molecule has 0 unspecified atom stereocenters. The molecule has 1 saturated carbocycles. The van der Waals surface area contributed by atoms with Crippen molar-refractivity contribution in [1.29, 1.82) is 0 Å². The van der Waals surface area contributed by atoms with E-state index in [4.69, 9.17) is 21.3 Å². The van der Waals surface area contributed by atoms with Crippen LogP contribution in [0.2, 0.25) is 5.02 Å². The average Bonchev–Trinajstić information content (AvgIpc) is 3.39. The summed E-state index contributed by atoms with van der Waals surface area (Å²) in [7, 11) is 3.37. The van der Waals surface area contributed by atoms with E-state index < -0.39 is 0 Å². The molecule has 8 heteroatoms. The fourth-order valence-corrected chi connectivity index (χ4v) is 3.85. The summed E-state index contributed by atoms with van der Waals surface area (Å²) in [5, 5.41) is 4.82. The molecule has 3 heterocycles. The topological polar surface area (TPSA) is 83.1 Å². The number of benzene rings is 1. The molecule has 0 radical (unpaired) electrons. The Labute approximate surface area is 160 Å². The van der Waals surface area contributed by atoms with Gasteiger partial charge in [-0.1, -0.05) is 11.6 Å². The standard InChI is InChI=1S/C19H18ClN5O2/c1-25-8-10-5-13(14(27-2)6-11(10)18(25)26)22-19-23-16(9-3-4-9)15-12(20)7-21-17(15)24-19/h5-7,9H,3-4,8H2,1-2H3,(H2,21,22,23,24). The van der Waals surface area contributed by atoms with Crippen molar-refractivity contribution in [3.8, 4) is 5.75 Å². The molecule has 1 aliphatic carbocycles. The molecule has 2 aliphatic rings. The van der Waals surface area contributed by atoms with Crippen molar-refractivity contribution < 1.29 is 9.53 Å². The van der Waals surface area contributed by atoms with Gasteiger partial charge in [-0.15, -0.1) is 0 Å². The number of hydrogen-bond donors (Lipinski definition) is 2. The number of aromatic amines is 1. The summed E-state index contributed by atoms with van der Waals surface area (Å²) >= 11 is 6.31. The number of anilines is 2. The van der Waals surface area contributed by atoms with Crippen molar-refractivity contribution >= 4 is 40.2 Å². The van der Waals surface area contributed by atoms with Crippen LogP contribution in [0.4, 0.5) is 11.6 Å². The number of aromatic nitrogens is 3. The third-order valence-corrected chi connectivity index (χ3v) is 5.43. The minimum atomic E-state index is 0.00423. The van der Waals surface area contributed by atoms with Gasteiger partial charge in [-0.3, -0.25) is 4.79 Å². The van der Waals surface area contributed by atoms with Crippen molar-refractivity contribution in [2.24, 2.45) is 0 Å². The fourth-order valence-electron chi connectivity index (χ4n) is 3.60. The molecule has 0 saturated heterocycles. The van der Waals surface area contributed by atoms with Crippen LogP contribution in [-0.4, -0.2) is 39.9 Å². The maximum Gasteiger partial charge on any atom is 0.254 e. The van der Waals surface area contributed by atoms with Gasteiger partial charge in [-0.05, 0) is 30.5 Å². The first-order chi connectivity index (χ1) is 13.0. The summed E-state index contributed by atoms with van der Waals surface area (Å²) in [6.45, 7) is 0.576. The Hall–Kier alpha value is -2.80. The minimum absolute atomic E-state index is 0.00423. The number of nitrogens with zero attached hydrogens (tertiary/aromatic N) is 3. The van der Waals surface area contributed by atoms with E-state index in [0.29, 0.717) is 34.7 Å². The second kappa shape index (κ2) is 5.85. The maximum atomic E-state index is 12.2. The Kier molecular flexibility index (Phi) is 3.55. The summed E-state index contributed by atoms with van der Waals surface area (Å²) < 4.78 is 5.49. The normalized spacial score (nSPS) is 16.1. The van der Waals surface area contributed by atoms with Crippen LogP contribution in [0.3, 0.4) is 0 Å². The van der Waals surface area contributed by atoms with Gasteiger partial charge < -0.3 is 19.9 Å². The molecule has 1 aliphatic heterocycles. The second-order valence-corrected chi connectivity index (χ2v) is 7.47. The van der Waals surface area contributed by atoms with Crippen LogP contribution in [-0.2, 0) is 6.54 Å². The first-order valence-electron chi connectivity index (χ1n) is 8.83. The first-order valence-corrected chi connectivity index (χ1v) is 9.21. The zero-order valence-electron chi connectivity index (χ0n) is 15.0. The lowest BCUT2D eigenvalue weighted by Gasteiger charge is -2.13. The number of hydrogen-bond acceptors (Lipinski definition) is 5. The largest absolute Gasteiger partial charge is 0.495 e. The van der Waals surface area contributed by atoms with Crippen LogP contribution in [0.15, 0.2) is 18.3 Å². The Morgan fingerprint density at radius 1 is 1.33 bits per heavy atom. The van der Waals surface area contributed by atoms with Gasteiger partial charge in [-0.25, -0.2) is 4.98 Å². The number of halogens is 1. The van der Waals surface area contributed by atoms with Crippen molar-refractivity contribution in [1.82, 2.24) is 19.9 Å². The molecule has 0 atom stereocenters. The van der Waals surface area contributed by atoms with E-state index in [1.54, 1.807) is 31.3 Å². The van der Waals surface area contributed by atoms with Gasteiger partial charge in [0, 0.05) is 31.3 Å². The molecule has 5 rings (SSSR count). The van der Waals surface area contributed by atoms with E-state index in [2.05, 4.69) is 15.3 Å². The third kappa shape index (κ3) is 2.61. The Bertz CT molecular complexity index is 1090. The van der Waals surface area contributed by atoms with E-state index >= 15 is 0 Å². The Morgan fingerprint density at radius 2 is 2.15 bits per heavy atom. The molecule has 3 aromatic rings. The number of amides is 1. The molecular formula is C19H18ClN5O2. The minimum Gasteiger partial charge on any atom is -0.495 e. The van der Waals surface area contributed by atoms with Crippen LogP contribution >= 0.6 is 11.6 Å². The van der Waals surface area contributed by atoms with Crippen molar-refractivity contribution in [3.63, 3.8) is 0 Å². The van der Waals surface area contributed by atoms with E-state index in [-0.39, 0.29) is 5.91 Å². The predicted octanol–water partition coefficient (Wildman–Crippen LogP) is 3.83. The Balaban J connectivity index is 1.58. The van der Waals surface area contributed by atoms with Crippen molar-refractivity contribution in [2.75, 3.05) is 19.5 Å². The SMILES string of the molecule is COc1cc2c(cc1Nc1nc(C3CC3)c3c(Cl)c[nH]c3n1)CN(C)C2=O. The van der Waals surface area contributed by atoms with E-state index in [0.717, 1.165) is 40.8 Å². The molecule has 2 N–H and O–H groups in total. The maximum absolute atomic E-state index is 12.2. The van der Waals surface area contributed by atoms with Gasteiger partial charge in [0.15, 0.2) is 0 Å². The number of methoxy groups -OCH3 is 1. The summed E-state index contributed by atoms with van der Waals surface area (Å²) in [6, 6.07) is 3.71. The molecule has 0 spiro atoms. The lowest BCUT2D eigenvalue weighted by molar-refractivity contribution is 0.0816. The van der Waals surface area contributed by atoms with Gasteiger partial charge in [0.1, 0.15) is 11.4 Å². The number of H-pyrrole nitrogens is 1. The smallest absolute Gasteiger partial charge is 0.254 e.